The molecule has 101 heavy (non-hydrogen) atoms. The van der Waals surface area contributed by atoms with Gasteiger partial charge in [-0.25, -0.2) is 0 Å². The van der Waals surface area contributed by atoms with Crippen molar-refractivity contribution in [2.75, 3.05) is 124 Å². The zero-order chi connectivity index (χ0) is 73.7. The number of oxime groups is 2. The van der Waals surface area contributed by atoms with Gasteiger partial charge in [-0.3, -0.25) is 28.8 Å². The summed E-state index contributed by atoms with van der Waals surface area (Å²) in [5.41, 5.74) is 7.48. The summed E-state index contributed by atoms with van der Waals surface area (Å²) in [7, 11) is 5.03. The molecule has 5 aliphatic rings. The first kappa shape index (κ1) is 83.8. The number of aryl methyl sites for hydroxylation is 3. The smallest absolute Gasteiger partial charge is 0.263 e. The first-order chi connectivity index (χ1) is 48.3. The van der Waals surface area contributed by atoms with Crippen LogP contribution in [0, 0.1) is 38.0 Å². The fourth-order valence-electron chi connectivity index (χ4n) is 13.3. The molecule has 6 amide bonds. The molecule has 0 spiro atoms. The van der Waals surface area contributed by atoms with Crippen LogP contribution in [0.25, 0.3) is 0 Å². The second-order valence-electron chi connectivity index (χ2n) is 27.0. The Hall–Kier alpha value is -6.15. The van der Waals surface area contributed by atoms with Crippen LogP contribution in [0.15, 0.2) is 83.1 Å². The summed E-state index contributed by atoms with van der Waals surface area (Å²) in [4.78, 5) is 98.1. The molecule has 1 N–H and O–H groups in total. The van der Waals surface area contributed by atoms with Gasteiger partial charge in [0.15, 0.2) is 6.61 Å². The summed E-state index contributed by atoms with van der Waals surface area (Å²) in [5.74, 6) is 2.34. The number of hydrogen-bond acceptors (Lipinski definition) is 14. The highest BCUT2D eigenvalue weighted by Gasteiger charge is 2.36. The van der Waals surface area contributed by atoms with Crippen molar-refractivity contribution in [3.63, 3.8) is 0 Å². The number of amides is 6. The molecule has 5 aliphatic heterocycles. The number of carbonyl (C=O) groups is 6. The SMILES string of the molecule is C/C(CN(C)C(=O)c1cc(C)cc(C)c1)=N\OCC(=O)N1CCSCC1.CC(CCN1CCC(N2CCCCC2=O)CC1)c1ccc(Cl)c(Cl)c1.CCCN1CCC(N2CCCC(CC(=O)NC)C2=O)CC1.Cc1cc(Cl)cc(C(=O)N(C)C/C(=N/OCC#N)C(C)c2ccc(Cl)c(Cl)c2)c1. The predicted molar refractivity (Wildman–Crippen MR) is 410 cm³/mol. The lowest BCUT2D eigenvalue weighted by atomic mass is 9.90. The highest BCUT2D eigenvalue weighted by Crippen LogP contribution is 2.32. The van der Waals surface area contributed by atoms with Gasteiger partial charge in [-0.2, -0.15) is 17.0 Å². The molecule has 4 aromatic carbocycles. The van der Waals surface area contributed by atoms with Crippen LogP contribution in [0.4, 0.5) is 0 Å². The number of hydrogen-bond donors (Lipinski definition) is 1. The third-order valence-electron chi connectivity index (χ3n) is 18.9. The maximum Gasteiger partial charge on any atom is 0.263 e. The molecule has 552 valence electrons. The lowest BCUT2D eigenvalue weighted by molar-refractivity contribution is -0.144. The van der Waals surface area contributed by atoms with Crippen LogP contribution in [0.5, 0.6) is 0 Å². The van der Waals surface area contributed by atoms with Crippen LogP contribution in [-0.4, -0.2) is 218 Å². The average molecular weight is 1510 g/mol. The van der Waals surface area contributed by atoms with E-state index in [9.17, 15) is 28.8 Å². The summed E-state index contributed by atoms with van der Waals surface area (Å²) in [6.07, 6.45) is 11.9. The van der Waals surface area contributed by atoms with Gasteiger partial charge in [0.2, 0.25) is 24.3 Å². The van der Waals surface area contributed by atoms with Crippen molar-refractivity contribution in [2.45, 2.75) is 149 Å². The maximum atomic E-state index is 12.9. The van der Waals surface area contributed by atoms with E-state index in [2.05, 4.69) is 55.1 Å². The third kappa shape index (κ3) is 27.4. The zero-order valence-electron chi connectivity index (χ0n) is 60.7. The Kier molecular flexibility index (Phi) is 35.8. The van der Waals surface area contributed by atoms with Gasteiger partial charge in [0.1, 0.15) is 6.07 Å². The molecule has 0 radical (unpaired) electrons. The molecule has 0 saturated carbocycles. The van der Waals surface area contributed by atoms with Crippen LogP contribution in [0.1, 0.15) is 165 Å². The van der Waals surface area contributed by atoms with E-state index in [1.54, 1.807) is 68.2 Å². The number of halogens is 5. The summed E-state index contributed by atoms with van der Waals surface area (Å²) in [6, 6.07) is 24.9. The zero-order valence-corrected chi connectivity index (χ0v) is 65.2. The second kappa shape index (κ2) is 43.2. The van der Waals surface area contributed by atoms with E-state index < -0.39 is 0 Å². The minimum absolute atomic E-state index is 0.0204. The average Bonchev–Trinajstić information content (AvgIpc) is 0.842. The Balaban J connectivity index is 0.000000213. The summed E-state index contributed by atoms with van der Waals surface area (Å²) >= 11 is 32.2. The highest BCUT2D eigenvalue weighted by atomic mass is 35.5. The van der Waals surface area contributed by atoms with Gasteiger partial charge in [0.25, 0.3) is 17.7 Å². The topological polar surface area (TPSA) is 204 Å². The lowest BCUT2D eigenvalue weighted by Gasteiger charge is -2.42. The van der Waals surface area contributed by atoms with E-state index in [4.69, 9.17) is 72.9 Å². The second-order valence-corrected chi connectivity index (χ2v) is 30.3. The van der Waals surface area contributed by atoms with Crippen molar-refractivity contribution in [2.24, 2.45) is 16.2 Å². The van der Waals surface area contributed by atoms with Crippen molar-refractivity contribution in [1.82, 2.24) is 39.6 Å². The van der Waals surface area contributed by atoms with Crippen LogP contribution in [0.2, 0.25) is 25.1 Å². The molecule has 9 rings (SSSR count). The molecule has 5 fully saturated rings. The number of rotatable bonds is 23. The highest BCUT2D eigenvalue weighted by molar-refractivity contribution is 7.99. The Morgan fingerprint density at radius 1 is 0.663 bits per heavy atom. The Morgan fingerprint density at radius 2 is 1.22 bits per heavy atom. The van der Waals surface area contributed by atoms with Gasteiger partial charge >= 0.3 is 0 Å². The number of nitriles is 1. The Labute approximate surface area is 628 Å². The van der Waals surface area contributed by atoms with Crippen molar-refractivity contribution in [1.29, 1.82) is 5.26 Å². The molecule has 0 aliphatic carbocycles. The van der Waals surface area contributed by atoms with Crippen LogP contribution >= 0.6 is 69.8 Å². The molecule has 0 aromatic heterocycles. The van der Waals surface area contributed by atoms with E-state index in [0.29, 0.717) is 84.5 Å². The van der Waals surface area contributed by atoms with Gasteiger partial charge in [0, 0.05) is 138 Å². The van der Waals surface area contributed by atoms with Gasteiger partial charge in [-0.15, -0.1) is 0 Å². The largest absolute Gasteiger partial charge is 0.386 e. The normalized spacial score (nSPS) is 17.9. The number of nitrogens with one attached hydrogen (secondary N) is 1. The quantitative estimate of drug-likeness (QED) is 0.0418. The van der Waals surface area contributed by atoms with Crippen LogP contribution in [0.3, 0.4) is 0 Å². The van der Waals surface area contributed by atoms with Crippen molar-refractivity contribution in [3.05, 3.63) is 137 Å². The lowest BCUT2D eigenvalue weighted by Crippen LogP contribution is -2.52. The Bertz CT molecular complexity index is 3460. The first-order valence-electron chi connectivity index (χ1n) is 35.4. The van der Waals surface area contributed by atoms with Crippen LogP contribution < -0.4 is 5.32 Å². The van der Waals surface area contributed by atoms with Crippen molar-refractivity contribution < 1.29 is 38.4 Å². The van der Waals surface area contributed by atoms with E-state index in [-0.39, 0.29) is 61.1 Å². The van der Waals surface area contributed by atoms with E-state index >= 15 is 0 Å². The van der Waals surface area contributed by atoms with Gasteiger partial charge in [-0.1, -0.05) is 118 Å². The standard InChI is InChI=1S/C21H20Cl3N3O2.C20H28Cl2N2O.C19H27N3O3S.C16H29N3O2/c1-13-8-16(10-17(22)9-13)21(28)27(3)12-20(26-29-7-6-25)14(2)15-4-5-18(23)19(24)11-15;1-15(16-5-6-18(21)19(22)14-16)7-11-23-12-8-17(9-13-23)24-10-3-2-4-20(24)25;1-14-9-15(2)11-17(10-14)19(24)21(4)12-16(3)20-25-13-18(23)22-5-7-26-8-6-22;1-3-8-18-10-6-14(7-11-18)19-9-4-5-13(16(19)21)12-15(20)17-2/h4-5,8-11,14H,7,12H2,1-3H3;5-6,14-15,17H,2-4,7-13H2,1H3;9-11H,5-8,12-13H2,1-4H3;13-14H,3-12H2,1-2H3,(H,17,20)/b26-20-;;20-16+;. The number of nitrogens with zero attached hydrogens (tertiary/aromatic N) is 10. The number of thioether (sulfide) groups is 1. The van der Waals surface area contributed by atoms with E-state index in [1.807, 2.05) is 81.9 Å². The van der Waals surface area contributed by atoms with Gasteiger partial charge in [-0.05, 0) is 182 Å². The monoisotopic (exact) mass is 1510 g/mol. The summed E-state index contributed by atoms with van der Waals surface area (Å²) in [6.45, 7) is 24.3. The van der Waals surface area contributed by atoms with E-state index in [1.165, 1.54) is 29.8 Å². The fourth-order valence-corrected chi connectivity index (χ4v) is 15.1. The molecular weight excluding hydrogens is 1400 g/mol. The van der Waals surface area contributed by atoms with Crippen LogP contribution in [-0.2, 0) is 28.9 Å². The molecule has 3 unspecified atom stereocenters. The summed E-state index contributed by atoms with van der Waals surface area (Å²) < 4.78 is 0. The third-order valence-corrected chi connectivity index (χ3v) is 21.6. The number of likely N-dealkylation sites (tertiary alicyclic amines) is 4. The molecule has 0 bridgehead atoms. The predicted octanol–water partition coefficient (Wildman–Crippen LogP) is 14.3. The first-order valence-corrected chi connectivity index (χ1v) is 38.4. The van der Waals surface area contributed by atoms with Crippen molar-refractivity contribution >= 4 is 117 Å². The van der Waals surface area contributed by atoms with Gasteiger partial charge < -0.3 is 49.3 Å². The molecule has 25 heteroatoms. The number of benzene rings is 4. The van der Waals surface area contributed by atoms with Gasteiger partial charge in [0.05, 0.1) is 44.6 Å². The molecule has 3 atom stereocenters. The molecule has 19 nitrogen and oxygen atoms in total. The molecular formula is C76H104Cl5N11O8S. The Morgan fingerprint density at radius 3 is 1.79 bits per heavy atom. The minimum Gasteiger partial charge on any atom is -0.386 e. The van der Waals surface area contributed by atoms with E-state index in [0.717, 1.165) is 150 Å². The van der Waals surface area contributed by atoms with Crippen molar-refractivity contribution in [3.8, 4) is 6.07 Å². The fraction of sp³-hybridized carbons (Fsp3) is 0.566. The molecule has 5 saturated heterocycles. The molecule has 4 aromatic rings. The summed E-state index contributed by atoms with van der Waals surface area (Å²) in [5, 5.41) is 22.0. The number of piperidine rings is 4. The maximum absolute atomic E-state index is 12.9. The minimum atomic E-state index is -0.222. The number of carbonyl (C=O) groups excluding carboxylic acids is 6. The molecule has 5 heterocycles.